The van der Waals surface area contributed by atoms with Crippen LogP contribution in [0, 0.1) is 12.7 Å². The maximum Gasteiger partial charge on any atom is 0.344 e. The van der Waals surface area contributed by atoms with Gasteiger partial charge in [0.25, 0.3) is 5.91 Å². The van der Waals surface area contributed by atoms with Crippen molar-refractivity contribution in [2.45, 2.75) is 6.92 Å². The molecule has 4 aromatic carbocycles. The Morgan fingerprint density at radius 2 is 1.65 bits per heavy atom. The first kappa shape index (κ1) is 22.4. The van der Waals surface area contributed by atoms with Gasteiger partial charge in [-0.3, -0.25) is 4.79 Å². The second-order valence-corrected chi connectivity index (χ2v) is 8.64. The van der Waals surface area contributed by atoms with E-state index in [2.05, 4.69) is 15.5 Å². The summed E-state index contributed by atoms with van der Waals surface area (Å²) in [6.07, 6.45) is 0. The van der Waals surface area contributed by atoms with Gasteiger partial charge in [0.2, 0.25) is 0 Å². The number of para-hydroxylation sites is 1. The Morgan fingerprint density at radius 1 is 0.892 bits per heavy atom. The van der Waals surface area contributed by atoms with E-state index in [1.54, 1.807) is 60.7 Å². The molecule has 8 heteroatoms. The molecule has 0 aliphatic carbocycles. The Morgan fingerprint density at radius 3 is 2.46 bits per heavy atom. The molecule has 0 aliphatic rings. The molecule has 0 spiro atoms. The van der Waals surface area contributed by atoms with Gasteiger partial charge in [-0.15, -0.1) is 10.2 Å². The van der Waals surface area contributed by atoms with Crippen molar-refractivity contribution in [3.63, 3.8) is 0 Å². The number of fused-ring (bicyclic) bond motifs is 2. The van der Waals surface area contributed by atoms with Gasteiger partial charge >= 0.3 is 5.63 Å². The number of aromatic nitrogens is 3. The van der Waals surface area contributed by atoms with Crippen LogP contribution >= 0.6 is 0 Å². The van der Waals surface area contributed by atoms with Crippen LogP contribution in [0.25, 0.3) is 38.8 Å². The standard InChI is InChI=1S/C29H19FN4O3/c1-17-13-25-26(33-34(32-25)22-11-9-21(30)10-12-22)16-24(17)31-28(35)20-7-4-6-18(14-20)23-15-19-5-2-3-8-27(19)37-29(23)36/h2-16H,1H3,(H,31,35). The molecule has 180 valence electrons. The van der Waals surface area contributed by atoms with Crippen LogP contribution < -0.4 is 10.9 Å². The Bertz CT molecular complexity index is 1870. The molecule has 1 amide bonds. The van der Waals surface area contributed by atoms with Crippen LogP contribution in [0.4, 0.5) is 10.1 Å². The van der Waals surface area contributed by atoms with Crippen LogP contribution in [0.15, 0.2) is 100 Å². The molecule has 7 nitrogen and oxygen atoms in total. The zero-order valence-corrected chi connectivity index (χ0v) is 19.6. The number of amides is 1. The molecule has 6 aromatic rings. The van der Waals surface area contributed by atoms with E-state index in [0.29, 0.717) is 44.7 Å². The number of nitrogens with zero attached hydrogens (tertiary/aromatic N) is 3. The number of halogens is 1. The smallest absolute Gasteiger partial charge is 0.344 e. The highest BCUT2D eigenvalue weighted by Crippen LogP contribution is 2.25. The quantitative estimate of drug-likeness (QED) is 0.311. The number of carbonyl (C=O) groups excluding carboxylic acids is 1. The first-order valence-corrected chi connectivity index (χ1v) is 11.5. The molecule has 6 rings (SSSR count). The number of rotatable bonds is 4. The van der Waals surface area contributed by atoms with Crippen LogP contribution in [0.1, 0.15) is 15.9 Å². The van der Waals surface area contributed by atoms with E-state index < -0.39 is 5.63 Å². The number of benzene rings is 4. The fourth-order valence-corrected chi connectivity index (χ4v) is 4.18. The molecule has 0 unspecified atom stereocenters. The third-order valence-electron chi connectivity index (χ3n) is 6.11. The monoisotopic (exact) mass is 490 g/mol. The van der Waals surface area contributed by atoms with Gasteiger partial charge in [-0.25, -0.2) is 9.18 Å². The molecule has 0 atom stereocenters. The van der Waals surface area contributed by atoms with Gasteiger partial charge in [-0.2, -0.15) is 4.80 Å². The number of aryl methyl sites for hydroxylation is 1. The fourth-order valence-electron chi connectivity index (χ4n) is 4.18. The average molecular weight is 490 g/mol. The minimum atomic E-state index is -0.471. The molecule has 37 heavy (non-hydrogen) atoms. The lowest BCUT2D eigenvalue weighted by atomic mass is 10.0. The predicted molar refractivity (Wildman–Crippen MR) is 139 cm³/mol. The van der Waals surface area contributed by atoms with Crippen molar-refractivity contribution in [2.24, 2.45) is 0 Å². The minimum absolute atomic E-state index is 0.333. The molecule has 2 heterocycles. The Hall–Kier alpha value is -5.11. The fraction of sp³-hybridized carbons (Fsp3) is 0.0345. The van der Waals surface area contributed by atoms with Crippen molar-refractivity contribution < 1.29 is 13.6 Å². The van der Waals surface area contributed by atoms with E-state index in [1.165, 1.54) is 16.9 Å². The zero-order chi connectivity index (χ0) is 25.5. The molecule has 0 aliphatic heterocycles. The number of nitrogens with one attached hydrogen (secondary N) is 1. The molecular formula is C29H19FN4O3. The Labute approximate surface area is 209 Å². The van der Waals surface area contributed by atoms with Crippen LogP contribution in [-0.2, 0) is 0 Å². The van der Waals surface area contributed by atoms with Crippen molar-refractivity contribution >= 4 is 33.6 Å². The number of carbonyl (C=O) groups is 1. The molecule has 1 N–H and O–H groups in total. The first-order chi connectivity index (χ1) is 17.9. The SMILES string of the molecule is Cc1cc2nn(-c3ccc(F)cc3)nc2cc1NC(=O)c1cccc(-c2cc3ccccc3oc2=O)c1. The normalized spacial score (nSPS) is 11.2. The van der Waals surface area contributed by atoms with Crippen molar-refractivity contribution in [3.8, 4) is 16.8 Å². The molecular weight excluding hydrogens is 471 g/mol. The highest BCUT2D eigenvalue weighted by molar-refractivity contribution is 6.06. The molecule has 2 aromatic heterocycles. The summed E-state index contributed by atoms with van der Waals surface area (Å²) in [5, 5.41) is 12.7. The summed E-state index contributed by atoms with van der Waals surface area (Å²) < 4.78 is 18.7. The van der Waals surface area contributed by atoms with E-state index in [-0.39, 0.29) is 11.7 Å². The average Bonchev–Trinajstić information content (AvgIpc) is 3.31. The predicted octanol–water partition coefficient (Wildman–Crippen LogP) is 5.89. The minimum Gasteiger partial charge on any atom is -0.422 e. The van der Waals surface area contributed by atoms with Crippen molar-refractivity contribution in [2.75, 3.05) is 5.32 Å². The van der Waals surface area contributed by atoms with Crippen LogP contribution in [-0.4, -0.2) is 20.9 Å². The third-order valence-corrected chi connectivity index (χ3v) is 6.11. The van der Waals surface area contributed by atoms with Gasteiger partial charge in [0, 0.05) is 16.6 Å². The first-order valence-electron chi connectivity index (χ1n) is 11.5. The van der Waals surface area contributed by atoms with Gasteiger partial charge in [0.15, 0.2) is 0 Å². The largest absolute Gasteiger partial charge is 0.422 e. The number of hydrogen-bond acceptors (Lipinski definition) is 5. The lowest BCUT2D eigenvalue weighted by Crippen LogP contribution is -2.13. The molecule has 0 radical (unpaired) electrons. The topological polar surface area (TPSA) is 90.0 Å². The maximum absolute atomic E-state index is 13.3. The second kappa shape index (κ2) is 8.83. The Balaban J connectivity index is 1.30. The lowest BCUT2D eigenvalue weighted by Gasteiger charge is -2.09. The van der Waals surface area contributed by atoms with E-state index in [0.717, 1.165) is 10.9 Å². The van der Waals surface area contributed by atoms with E-state index >= 15 is 0 Å². The maximum atomic E-state index is 13.3. The molecule has 0 bridgehead atoms. The van der Waals surface area contributed by atoms with E-state index in [1.807, 2.05) is 25.1 Å². The zero-order valence-electron chi connectivity index (χ0n) is 19.6. The third kappa shape index (κ3) is 4.25. The van der Waals surface area contributed by atoms with Crippen molar-refractivity contribution in [1.29, 1.82) is 0 Å². The Kier molecular flexibility index (Phi) is 5.34. The molecule has 0 saturated heterocycles. The van der Waals surface area contributed by atoms with Crippen LogP contribution in [0.3, 0.4) is 0 Å². The van der Waals surface area contributed by atoms with Gasteiger partial charge in [-0.1, -0.05) is 30.3 Å². The summed E-state index contributed by atoms with van der Waals surface area (Å²) in [7, 11) is 0. The summed E-state index contributed by atoms with van der Waals surface area (Å²) in [6.45, 7) is 1.86. The number of anilines is 1. The van der Waals surface area contributed by atoms with Crippen LogP contribution in [0.5, 0.6) is 0 Å². The summed E-state index contributed by atoms with van der Waals surface area (Å²) in [4.78, 5) is 27.2. The molecule has 0 saturated carbocycles. The van der Waals surface area contributed by atoms with Gasteiger partial charge in [-0.05, 0) is 78.7 Å². The summed E-state index contributed by atoms with van der Waals surface area (Å²) in [5.74, 6) is -0.674. The highest BCUT2D eigenvalue weighted by Gasteiger charge is 2.14. The number of hydrogen-bond donors (Lipinski definition) is 1. The van der Waals surface area contributed by atoms with Crippen molar-refractivity contribution in [3.05, 3.63) is 118 Å². The van der Waals surface area contributed by atoms with Crippen LogP contribution in [0.2, 0.25) is 0 Å². The van der Waals surface area contributed by atoms with E-state index in [4.69, 9.17) is 4.42 Å². The summed E-state index contributed by atoms with van der Waals surface area (Å²) in [5.41, 5.74) is 4.62. The summed E-state index contributed by atoms with van der Waals surface area (Å²) in [6, 6.07) is 25.3. The van der Waals surface area contributed by atoms with Gasteiger partial charge < -0.3 is 9.73 Å². The van der Waals surface area contributed by atoms with Gasteiger partial charge in [0.1, 0.15) is 22.4 Å². The highest BCUT2D eigenvalue weighted by atomic mass is 19.1. The molecule has 0 fully saturated rings. The second-order valence-electron chi connectivity index (χ2n) is 8.64. The lowest BCUT2D eigenvalue weighted by molar-refractivity contribution is 0.102. The summed E-state index contributed by atoms with van der Waals surface area (Å²) >= 11 is 0. The van der Waals surface area contributed by atoms with Gasteiger partial charge in [0.05, 0.1) is 11.3 Å². The van der Waals surface area contributed by atoms with E-state index in [9.17, 15) is 14.0 Å². The van der Waals surface area contributed by atoms with Crippen molar-refractivity contribution in [1.82, 2.24) is 15.0 Å².